The van der Waals surface area contributed by atoms with Crippen molar-refractivity contribution in [2.45, 2.75) is 11.4 Å². The molecule has 2 rings (SSSR count). The van der Waals surface area contributed by atoms with E-state index >= 15 is 0 Å². The first kappa shape index (κ1) is 18.4. The van der Waals surface area contributed by atoms with Crippen LogP contribution in [0.5, 0.6) is 5.75 Å². The molecule has 25 heavy (non-hydrogen) atoms. The number of nitrogens with two attached hydrogens (primary N) is 1. The summed E-state index contributed by atoms with van der Waals surface area (Å²) in [4.78, 5) is 21.7. The van der Waals surface area contributed by atoms with Crippen LogP contribution in [0.25, 0.3) is 0 Å². The summed E-state index contributed by atoms with van der Waals surface area (Å²) in [5.74, 6) is -0.0628. The minimum atomic E-state index is -3.75. The van der Waals surface area contributed by atoms with Crippen LogP contribution in [0.4, 0.5) is 5.69 Å². The summed E-state index contributed by atoms with van der Waals surface area (Å²) < 4.78 is 27.5. The number of non-ortho nitro benzene ring substituents is 1. The van der Waals surface area contributed by atoms with Crippen molar-refractivity contribution in [3.63, 3.8) is 0 Å². The molecule has 0 radical (unpaired) electrons. The van der Waals surface area contributed by atoms with Gasteiger partial charge < -0.3 is 10.1 Å². The molecule has 0 fully saturated rings. The maximum Gasteiger partial charge on any atom is 0.269 e. The van der Waals surface area contributed by atoms with Crippen LogP contribution >= 0.6 is 0 Å². The Hall–Kier alpha value is -2.98. The molecule has 9 nitrogen and oxygen atoms in total. The molecule has 10 heteroatoms. The first-order valence-corrected chi connectivity index (χ1v) is 8.56. The molecule has 0 saturated heterocycles. The predicted molar refractivity (Wildman–Crippen MR) is 88.3 cm³/mol. The normalized spacial score (nSPS) is 10.9. The molecular formula is C15H15N3O6S. The quantitative estimate of drug-likeness (QED) is 0.552. The molecule has 0 spiro atoms. The molecule has 1 amide bonds. The Morgan fingerprint density at radius 1 is 1.12 bits per heavy atom. The predicted octanol–water partition coefficient (Wildman–Crippen LogP) is 0.937. The van der Waals surface area contributed by atoms with Crippen LogP contribution in [-0.2, 0) is 21.4 Å². The fourth-order valence-electron chi connectivity index (χ4n) is 1.86. The lowest BCUT2D eigenvalue weighted by Gasteiger charge is -2.08. The van der Waals surface area contributed by atoms with Crippen molar-refractivity contribution in [3.8, 4) is 5.75 Å². The summed E-state index contributed by atoms with van der Waals surface area (Å²) in [6.45, 7) is -0.0690. The van der Waals surface area contributed by atoms with Crippen molar-refractivity contribution in [1.29, 1.82) is 0 Å². The first-order valence-electron chi connectivity index (χ1n) is 7.01. The third kappa shape index (κ3) is 5.55. The topological polar surface area (TPSA) is 142 Å². The molecule has 2 aromatic carbocycles. The zero-order valence-corrected chi connectivity index (χ0v) is 13.7. The van der Waals surface area contributed by atoms with Crippen LogP contribution in [-0.4, -0.2) is 25.9 Å². The van der Waals surface area contributed by atoms with Crippen LogP contribution < -0.4 is 15.2 Å². The van der Waals surface area contributed by atoms with Gasteiger partial charge in [0.15, 0.2) is 6.61 Å². The molecule has 0 unspecified atom stereocenters. The average Bonchev–Trinajstić information content (AvgIpc) is 2.58. The average molecular weight is 365 g/mol. The Morgan fingerprint density at radius 2 is 1.72 bits per heavy atom. The minimum absolute atomic E-state index is 0.0101. The molecular weight excluding hydrogens is 350 g/mol. The van der Waals surface area contributed by atoms with Gasteiger partial charge in [0.05, 0.1) is 9.82 Å². The summed E-state index contributed by atoms with van der Waals surface area (Å²) in [5.41, 5.74) is 0.621. The summed E-state index contributed by atoms with van der Waals surface area (Å²) in [7, 11) is -3.75. The highest BCUT2D eigenvalue weighted by atomic mass is 32.2. The molecule has 0 saturated carbocycles. The lowest BCUT2D eigenvalue weighted by Crippen LogP contribution is -2.28. The number of nitrogens with zero attached hydrogens (tertiary/aromatic N) is 1. The highest BCUT2D eigenvalue weighted by molar-refractivity contribution is 7.89. The summed E-state index contributed by atoms with van der Waals surface area (Å²) in [6, 6.07) is 11.1. The number of nitro benzene ring substituents is 1. The van der Waals surface area contributed by atoms with Crippen LogP contribution in [0.15, 0.2) is 53.4 Å². The van der Waals surface area contributed by atoms with E-state index in [4.69, 9.17) is 9.88 Å². The fourth-order valence-corrected chi connectivity index (χ4v) is 2.38. The standard InChI is InChI=1S/C15H15N3O6S/c16-25(22,23)14-7-1-11(2-8-14)9-17-15(19)10-24-13-5-3-12(4-6-13)18(20)21/h1-8H,9-10H2,(H,17,19)(H2,16,22,23). The van der Waals surface area contributed by atoms with E-state index in [1.807, 2.05) is 0 Å². The van der Waals surface area contributed by atoms with Gasteiger partial charge in [0.2, 0.25) is 10.0 Å². The molecule has 2 aromatic rings. The molecule has 3 N–H and O–H groups in total. The number of hydrogen-bond donors (Lipinski definition) is 2. The summed E-state index contributed by atoms with van der Waals surface area (Å²) in [6.07, 6.45) is 0. The number of hydrogen-bond acceptors (Lipinski definition) is 6. The second kappa shape index (κ2) is 7.73. The number of sulfonamides is 1. The van der Waals surface area contributed by atoms with E-state index in [0.29, 0.717) is 11.3 Å². The number of primary sulfonamides is 1. The molecule has 0 atom stereocenters. The number of ether oxygens (including phenoxy) is 1. The monoisotopic (exact) mass is 365 g/mol. The van der Waals surface area contributed by atoms with Gasteiger partial charge in [-0.1, -0.05) is 12.1 Å². The van der Waals surface area contributed by atoms with Crippen molar-refractivity contribution in [2.24, 2.45) is 5.14 Å². The van der Waals surface area contributed by atoms with Crippen LogP contribution in [0.1, 0.15) is 5.56 Å². The van der Waals surface area contributed by atoms with Crippen molar-refractivity contribution in [3.05, 3.63) is 64.2 Å². The van der Waals surface area contributed by atoms with Crippen molar-refractivity contribution < 1.29 is 22.9 Å². The van der Waals surface area contributed by atoms with E-state index in [0.717, 1.165) is 0 Å². The molecule has 0 aliphatic heterocycles. The molecule has 0 bridgehead atoms. The van der Waals surface area contributed by atoms with E-state index in [1.165, 1.54) is 48.5 Å². The third-order valence-corrected chi connectivity index (χ3v) is 4.09. The Labute approximate surface area is 143 Å². The number of rotatable bonds is 7. The fraction of sp³-hybridized carbons (Fsp3) is 0.133. The van der Waals surface area contributed by atoms with Crippen molar-refractivity contribution >= 4 is 21.6 Å². The Bertz CT molecular complexity index is 863. The van der Waals surface area contributed by atoms with E-state index in [1.54, 1.807) is 0 Å². The van der Waals surface area contributed by atoms with Gasteiger partial charge in [-0.15, -0.1) is 0 Å². The Kier molecular flexibility index (Phi) is 5.67. The van der Waals surface area contributed by atoms with Gasteiger partial charge in [0.25, 0.3) is 11.6 Å². The molecule has 0 aromatic heterocycles. The van der Waals surface area contributed by atoms with Gasteiger partial charge in [0.1, 0.15) is 5.75 Å². The second-order valence-corrected chi connectivity index (χ2v) is 6.57. The minimum Gasteiger partial charge on any atom is -0.484 e. The smallest absolute Gasteiger partial charge is 0.269 e. The number of carbonyl (C=O) groups is 1. The maximum absolute atomic E-state index is 11.7. The Morgan fingerprint density at radius 3 is 2.24 bits per heavy atom. The number of amides is 1. The zero-order chi connectivity index (χ0) is 18.4. The molecule has 0 heterocycles. The number of nitrogens with one attached hydrogen (secondary N) is 1. The van der Waals surface area contributed by atoms with Gasteiger partial charge in [-0.2, -0.15) is 0 Å². The van der Waals surface area contributed by atoms with E-state index < -0.39 is 20.9 Å². The highest BCUT2D eigenvalue weighted by Gasteiger charge is 2.08. The maximum atomic E-state index is 11.7. The molecule has 0 aliphatic rings. The van der Waals surface area contributed by atoms with Crippen LogP contribution in [0, 0.1) is 10.1 Å². The largest absolute Gasteiger partial charge is 0.484 e. The van der Waals surface area contributed by atoms with Crippen molar-refractivity contribution in [2.75, 3.05) is 6.61 Å². The van der Waals surface area contributed by atoms with Crippen LogP contribution in [0.2, 0.25) is 0 Å². The summed E-state index contributed by atoms with van der Waals surface area (Å²) in [5, 5.41) is 18.1. The van der Waals surface area contributed by atoms with Gasteiger partial charge in [-0.25, -0.2) is 13.6 Å². The van der Waals surface area contributed by atoms with Crippen LogP contribution in [0.3, 0.4) is 0 Å². The van der Waals surface area contributed by atoms with Gasteiger partial charge in [-0.05, 0) is 29.8 Å². The lowest BCUT2D eigenvalue weighted by atomic mass is 10.2. The first-order chi connectivity index (χ1) is 11.8. The van der Waals surface area contributed by atoms with Crippen molar-refractivity contribution in [1.82, 2.24) is 5.32 Å². The van der Waals surface area contributed by atoms with Gasteiger partial charge >= 0.3 is 0 Å². The molecule has 132 valence electrons. The van der Waals surface area contributed by atoms with Gasteiger partial charge in [-0.3, -0.25) is 14.9 Å². The lowest BCUT2D eigenvalue weighted by molar-refractivity contribution is -0.384. The second-order valence-electron chi connectivity index (χ2n) is 5.01. The number of benzene rings is 2. The van der Waals surface area contributed by atoms with E-state index in [-0.39, 0.29) is 23.7 Å². The number of carbonyl (C=O) groups excluding carboxylic acids is 1. The van der Waals surface area contributed by atoms with E-state index in [2.05, 4.69) is 5.32 Å². The Balaban J connectivity index is 1.81. The SMILES string of the molecule is NS(=O)(=O)c1ccc(CNC(=O)COc2ccc([N+](=O)[O-])cc2)cc1. The summed E-state index contributed by atoms with van der Waals surface area (Å²) >= 11 is 0. The van der Waals surface area contributed by atoms with Gasteiger partial charge in [0, 0.05) is 18.7 Å². The zero-order valence-electron chi connectivity index (χ0n) is 12.9. The number of nitro groups is 1. The van der Waals surface area contributed by atoms with E-state index in [9.17, 15) is 23.3 Å². The third-order valence-electron chi connectivity index (χ3n) is 3.16. The molecule has 0 aliphatic carbocycles. The highest BCUT2D eigenvalue weighted by Crippen LogP contribution is 2.17.